The minimum atomic E-state index is -0.634. The molecule has 0 aromatic heterocycles. The van der Waals surface area contributed by atoms with Gasteiger partial charge in [0, 0.05) is 23.6 Å². The molecule has 43 heavy (non-hydrogen) atoms. The minimum absolute atomic E-state index is 0.0176. The lowest BCUT2D eigenvalue weighted by molar-refractivity contribution is -0.123. The summed E-state index contributed by atoms with van der Waals surface area (Å²) < 4.78 is 0. The molecule has 4 aromatic rings. The lowest BCUT2D eigenvalue weighted by Crippen LogP contribution is -2.46. The monoisotopic (exact) mass is 613 g/mol. The highest BCUT2D eigenvalue weighted by molar-refractivity contribution is 6.42. The molecule has 4 aromatic carbocycles. The van der Waals surface area contributed by atoms with Gasteiger partial charge in [-0.05, 0) is 85.7 Å². The van der Waals surface area contributed by atoms with Crippen LogP contribution in [-0.2, 0) is 11.3 Å². The minimum Gasteiger partial charge on any atom is -0.350 e. The summed E-state index contributed by atoms with van der Waals surface area (Å²) >= 11 is 12.3. The first-order valence-electron chi connectivity index (χ1n) is 14.8. The van der Waals surface area contributed by atoms with E-state index >= 15 is 0 Å². The Bertz CT molecular complexity index is 1530. The summed E-state index contributed by atoms with van der Waals surface area (Å²) in [5.41, 5.74) is 4.87. The first-order chi connectivity index (χ1) is 20.8. The van der Waals surface area contributed by atoms with E-state index in [-0.39, 0.29) is 17.4 Å². The summed E-state index contributed by atoms with van der Waals surface area (Å²) in [6, 6.07) is 32.5. The van der Waals surface area contributed by atoms with Gasteiger partial charge >= 0.3 is 0 Å². The molecule has 0 saturated heterocycles. The smallest absolute Gasteiger partial charge is 0.251 e. The molecule has 7 heteroatoms. The molecule has 3 atom stereocenters. The van der Waals surface area contributed by atoms with Crippen LogP contribution in [0.5, 0.6) is 0 Å². The van der Waals surface area contributed by atoms with Crippen LogP contribution in [0, 0.1) is 0 Å². The summed E-state index contributed by atoms with van der Waals surface area (Å²) in [4.78, 5) is 26.5. The van der Waals surface area contributed by atoms with Crippen LogP contribution in [-0.4, -0.2) is 29.9 Å². The van der Waals surface area contributed by atoms with Crippen LogP contribution in [0.25, 0.3) is 11.1 Å². The van der Waals surface area contributed by atoms with E-state index in [1.54, 1.807) is 12.1 Å². The summed E-state index contributed by atoms with van der Waals surface area (Å²) in [5.74, 6) is -0.0428. The Morgan fingerprint density at radius 2 is 1.51 bits per heavy atom. The van der Waals surface area contributed by atoms with Gasteiger partial charge in [-0.15, -0.1) is 0 Å². The second kappa shape index (κ2) is 14.2. The van der Waals surface area contributed by atoms with E-state index in [4.69, 9.17) is 23.2 Å². The van der Waals surface area contributed by atoms with Crippen LogP contribution < -0.4 is 16.0 Å². The number of carbonyl (C=O) groups excluding carboxylic acids is 2. The number of hydrogen-bond donors (Lipinski definition) is 3. The molecule has 5 nitrogen and oxygen atoms in total. The Kier molecular flexibility index (Phi) is 10.2. The highest BCUT2D eigenvalue weighted by atomic mass is 35.5. The number of nitrogens with one attached hydrogen (secondary N) is 3. The van der Waals surface area contributed by atoms with Crippen LogP contribution in [0.15, 0.2) is 103 Å². The van der Waals surface area contributed by atoms with Crippen LogP contribution in [0.3, 0.4) is 0 Å². The van der Waals surface area contributed by atoms with Gasteiger partial charge < -0.3 is 16.0 Å². The maximum Gasteiger partial charge on any atom is 0.251 e. The molecule has 1 aliphatic carbocycles. The molecule has 1 saturated carbocycles. The Morgan fingerprint density at radius 3 is 2.21 bits per heavy atom. The van der Waals surface area contributed by atoms with Gasteiger partial charge in [0.15, 0.2) is 0 Å². The van der Waals surface area contributed by atoms with Gasteiger partial charge in [-0.25, -0.2) is 0 Å². The summed E-state index contributed by atoms with van der Waals surface area (Å²) in [5, 5.41) is 10.8. The fourth-order valence-electron chi connectivity index (χ4n) is 5.49. The Labute approximate surface area is 264 Å². The van der Waals surface area contributed by atoms with Crippen LogP contribution >= 0.6 is 23.2 Å². The molecular formula is C36H37Cl2N3O2. The molecule has 1 aliphatic rings. The molecule has 222 valence electrons. The molecule has 2 amide bonds. The molecule has 3 N–H and O–H groups in total. The molecule has 0 radical (unpaired) electrons. The van der Waals surface area contributed by atoms with Crippen molar-refractivity contribution >= 4 is 35.0 Å². The van der Waals surface area contributed by atoms with Crippen molar-refractivity contribution in [1.82, 2.24) is 16.0 Å². The van der Waals surface area contributed by atoms with Crippen molar-refractivity contribution in [2.75, 3.05) is 6.54 Å². The van der Waals surface area contributed by atoms with Crippen molar-refractivity contribution in [2.24, 2.45) is 0 Å². The molecule has 0 aliphatic heterocycles. The Hall–Kier alpha value is -3.64. The van der Waals surface area contributed by atoms with Crippen molar-refractivity contribution in [3.8, 4) is 11.1 Å². The second-order valence-electron chi connectivity index (χ2n) is 11.4. The van der Waals surface area contributed by atoms with Gasteiger partial charge in [-0.1, -0.05) is 102 Å². The largest absolute Gasteiger partial charge is 0.350 e. The average molecular weight is 615 g/mol. The van der Waals surface area contributed by atoms with Crippen LogP contribution in [0.2, 0.25) is 10.0 Å². The molecular weight excluding hydrogens is 577 g/mol. The third kappa shape index (κ3) is 8.26. The molecule has 5 rings (SSSR count). The summed E-state index contributed by atoms with van der Waals surface area (Å²) in [7, 11) is 0. The topological polar surface area (TPSA) is 70.2 Å². The van der Waals surface area contributed by atoms with Gasteiger partial charge in [-0.2, -0.15) is 0 Å². The van der Waals surface area contributed by atoms with E-state index in [0.29, 0.717) is 34.5 Å². The molecule has 3 unspecified atom stereocenters. The fourth-order valence-corrected chi connectivity index (χ4v) is 5.79. The highest BCUT2D eigenvalue weighted by Crippen LogP contribution is 2.51. The van der Waals surface area contributed by atoms with E-state index in [2.05, 4.69) is 22.9 Å². The van der Waals surface area contributed by atoms with Crippen molar-refractivity contribution in [2.45, 2.75) is 56.7 Å². The van der Waals surface area contributed by atoms with Gasteiger partial charge in [0.05, 0.1) is 10.0 Å². The zero-order chi connectivity index (χ0) is 30.2. The lowest BCUT2D eigenvalue weighted by atomic mass is 10.0. The van der Waals surface area contributed by atoms with E-state index in [1.165, 1.54) is 5.56 Å². The number of hydrogen-bond acceptors (Lipinski definition) is 3. The SMILES string of the molecule is CC1(NCCCCC(NC(=O)c2ccc(-c3ccccc3)cc2)C(=O)NCc2ccccc2)CC1c1ccc(Cl)c(Cl)c1. The number of carbonyl (C=O) groups is 2. The van der Waals surface area contributed by atoms with E-state index in [1.807, 2.05) is 91.0 Å². The molecule has 1 fully saturated rings. The normalized spacial score (nSPS) is 18.1. The van der Waals surface area contributed by atoms with E-state index < -0.39 is 6.04 Å². The van der Waals surface area contributed by atoms with E-state index in [0.717, 1.165) is 42.5 Å². The fraction of sp³-hybridized carbons (Fsp3) is 0.278. The zero-order valence-electron chi connectivity index (χ0n) is 24.3. The zero-order valence-corrected chi connectivity index (χ0v) is 25.8. The van der Waals surface area contributed by atoms with Crippen LogP contribution in [0.1, 0.15) is 60.0 Å². The second-order valence-corrected chi connectivity index (χ2v) is 12.3. The summed E-state index contributed by atoms with van der Waals surface area (Å²) in [6.07, 6.45) is 3.25. The number of benzene rings is 4. The lowest BCUT2D eigenvalue weighted by Gasteiger charge is -2.19. The maximum absolute atomic E-state index is 13.2. The Morgan fingerprint density at radius 1 is 0.837 bits per heavy atom. The summed E-state index contributed by atoms with van der Waals surface area (Å²) in [6.45, 7) is 3.46. The average Bonchev–Trinajstić information content (AvgIpc) is 3.72. The predicted molar refractivity (Wildman–Crippen MR) is 175 cm³/mol. The first-order valence-corrected chi connectivity index (χ1v) is 15.6. The van der Waals surface area contributed by atoms with Gasteiger partial charge in [0.2, 0.25) is 5.91 Å². The van der Waals surface area contributed by atoms with Crippen molar-refractivity contribution in [3.05, 3.63) is 130 Å². The van der Waals surface area contributed by atoms with Crippen molar-refractivity contribution < 1.29 is 9.59 Å². The third-order valence-electron chi connectivity index (χ3n) is 8.22. The third-order valence-corrected chi connectivity index (χ3v) is 8.96. The number of rotatable bonds is 13. The molecule has 0 heterocycles. The number of amides is 2. The van der Waals surface area contributed by atoms with Crippen molar-refractivity contribution in [1.29, 1.82) is 0 Å². The predicted octanol–water partition coefficient (Wildman–Crippen LogP) is 7.78. The maximum atomic E-state index is 13.2. The number of unbranched alkanes of at least 4 members (excludes halogenated alkanes) is 1. The highest BCUT2D eigenvalue weighted by Gasteiger charge is 2.50. The van der Waals surface area contributed by atoms with Crippen molar-refractivity contribution in [3.63, 3.8) is 0 Å². The molecule has 0 spiro atoms. The standard InChI is InChI=1S/C36H37Cl2N3O2/c1-36(23-30(36)29-19-20-31(37)32(38)22-29)40-21-9-8-14-33(35(43)39-24-25-10-4-2-5-11-25)41-34(42)28-17-15-27(16-18-28)26-12-6-3-7-13-26/h2-7,10-13,15-20,22,30,33,40H,8-9,14,21,23-24H2,1H3,(H,39,43)(H,41,42). The van der Waals surface area contributed by atoms with Gasteiger partial charge in [0.25, 0.3) is 5.91 Å². The van der Waals surface area contributed by atoms with Gasteiger partial charge in [-0.3, -0.25) is 9.59 Å². The van der Waals surface area contributed by atoms with Gasteiger partial charge in [0.1, 0.15) is 6.04 Å². The molecule has 0 bridgehead atoms. The van der Waals surface area contributed by atoms with Crippen LogP contribution in [0.4, 0.5) is 0 Å². The first kappa shape index (κ1) is 30.8. The van der Waals surface area contributed by atoms with E-state index in [9.17, 15) is 9.59 Å². The quantitative estimate of drug-likeness (QED) is 0.135. The number of halogens is 2. The Balaban J connectivity index is 1.15.